The molecule has 1 unspecified atom stereocenters. The average Bonchev–Trinajstić information content (AvgIpc) is 2.79. The molecule has 0 saturated carbocycles. The summed E-state index contributed by atoms with van der Waals surface area (Å²) in [4.78, 5) is 0.927. The first-order chi connectivity index (χ1) is 7.99. The molecule has 0 aliphatic rings. The third kappa shape index (κ3) is 2.73. The molecule has 1 atom stereocenters. The highest BCUT2D eigenvalue weighted by atomic mass is 79.9. The molecule has 0 aliphatic heterocycles. The summed E-state index contributed by atoms with van der Waals surface area (Å²) < 4.78 is 2.62. The van der Waals surface area contributed by atoms with Gasteiger partial charge < -0.3 is 5.11 Å². The molecule has 0 aromatic carbocycles. The van der Waals surface area contributed by atoms with Crippen LogP contribution in [0.3, 0.4) is 0 Å². The van der Waals surface area contributed by atoms with Gasteiger partial charge in [0.15, 0.2) is 0 Å². The lowest BCUT2D eigenvalue weighted by Gasteiger charge is -2.08. The van der Waals surface area contributed by atoms with E-state index in [1.54, 1.807) is 11.7 Å². The van der Waals surface area contributed by atoms with Gasteiger partial charge in [-0.15, -0.1) is 11.3 Å². The fourth-order valence-electron chi connectivity index (χ4n) is 1.70. The van der Waals surface area contributed by atoms with Gasteiger partial charge in [0.2, 0.25) is 0 Å². The lowest BCUT2D eigenvalue weighted by Crippen LogP contribution is -2.00. The van der Waals surface area contributed by atoms with E-state index in [9.17, 15) is 5.11 Å². The Labute approximate surface area is 117 Å². The van der Waals surface area contributed by atoms with E-state index in [-0.39, 0.29) is 0 Å². The normalized spacial score (nSPS) is 13.0. The molecule has 0 bridgehead atoms. The van der Waals surface area contributed by atoms with Gasteiger partial charge in [-0.2, -0.15) is 5.10 Å². The fourth-order valence-corrected chi connectivity index (χ4v) is 3.39. The maximum atomic E-state index is 10.1. The number of rotatable bonds is 3. The number of nitrogens with zero attached hydrogens (tertiary/aromatic N) is 2. The molecule has 2 rings (SSSR count). The molecule has 1 N–H and O–H groups in total. The van der Waals surface area contributed by atoms with Crippen molar-refractivity contribution < 1.29 is 5.11 Å². The SMILES string of the molecule is Cc1nn(C)c(Cl)c1CC(O)c1cc(Br)cs1. The molecule has 92 valence electrons. The molecule has 0 spiro atoms. The van der Waals surface area contributed by atoms with Gasteiger partial charge in [-0.25, -0.2) is 0 Å². The Kier molecular flexibility index (Phi) is 3.92. The van der Waals surface area contributed by atoms with Crippen molar-refractivity contribution in [1.82, 2.24) is 9.78 Å². The largest absolute Gasteiger partial charge is 0.387 e. The van der Waals surface area contributed by atoms with Crippen LogP contribution >= 0.6 is 38.9 Å². The predicted octanol–water partition coefficient (Wildman–Crippen LogP) is 3.48. The lowest BCUT2D eigenvalue weighted by molar-refractivity contribution is 0.182. The number of aliphatic hydroxyl groups is 1. The zero-order valence-electron chi connectivity index (χ0n) is 9.44. The number of hydrogen-bond donors (Lipinski definition) is 1. The van der Waals surface area contributed by atoms with Crippen LogP contribution in [0.25, 0.3) is 0 Å². The highest BCUT2D eigenvalue weighted by molar-refractivity contribution is 9.10. The van der Waals surface area contributed by atoms with Crippen LogP contribution in [0, 0.1) is 6.92 Å². The van der Waals surface area contributed by atoms with Crippen LogP contribution < -0.4 is 0 Å². The van der Waals surface area contributed by atoms with Crippen LogP contribution in [-0.4, -0.2) is 14.9 Å². The van der Waals surface area contributed by atoms with E-state index in [0.29, 0.717) is 11.6 Å². The summed E-state index contributed by atoms with van der Waals surface area (Å²) in [5.74, 6) is 0. The number of thiophene rings is 1. The number of aryl methyl sites for hydroxylation is 2. The van der Waals surface area contributed by atoms with Crippen molar-refractivity contribution in [3.8, 4) is 0 Å². The Hall–Kier alpha value is -0.360. The second-order valence-electron chi connectivity index (χ2n) is 3.87. The average molecular weight is 336 g/mol. The fraction of sp³-hybridized carbons (Fsp3) is 0.364. The molecule has 0 radical (unpaired) electrons. The van der Waals surface area contributed by atoms with E-state index in [0.717, 1.165) is 20.6 Å². The van der Waals surface area contributed by atoms with E-state index >= 15 is 0 Å². The summed E-state index contributed by atoms with van der Waals surface area (Å²) in [7, 11) is 1.80. The molecular formula is C11H12BrClN2OS. The second kappa shape index (κ2) is 5.10. The van der Waals surface area contributed by atoms with Crippen LogP contribution in [-0.2, 0) is 13.5 Å². The first kappa shape index (κ1) is 13.1. The van der Waals surface area contributed by atoms with Crippen molar-refractivity contribution in [3.63, 3.8) is 0 Å². The van der Waals surface area contributed by atoms with Gasteiger partial charge in [0.1, 0.15) is 5.15 Å². The Balaban J connectivity index is 2.21. The zero-order valence-corrected chi connectivity index (χ0v) is 12.6. The van der Waals surface area contributed by atoms with Crippen molar-refractivity contribution in [2.75, 3.05) is 0 Å². The van der Waals surface area contributed by atoms with Crippen LogP contribution in [0.1, 0.15) is 22.2 Å². The molecule has 0 saturated heterocycles. The number of aliphatic hydroxyl groups excluding tert-OH is 1. The summed E-state index contributed by atoms with van der Waals surface area (Å²) in [6, 6.07) is 1.93. The van der Waals surface area contributed by atoms with Gasteiger partial charge in [-0.05, 0) is 28.9 Å². The summed E-state index contributed by atoms with van der Waals surface area (Å²) in [6.45, 7) is 1.90. The summed E-state index contributed by atoms with van der Waals surface area (Å²) in [5, 5.41) is 16.9. The molecule has 2 aromatic rings. The minimum absolute atomic E-state index is 0.492. The topological polar surface area (TPSA) is 38.0 Å². The lowest BCUT2D eigenvalue weighted by atomic mass is 10.1. The minimum atomic E-state index is -0.535. The van der Waals surface area contributed by atoms with E-state index in [1.165, 1.54) is 11.3 Å². The monoisotopic (exact) mass is 334 g/mol. The number of aromatic nitrogens is 2. The Morgan fingerprint density at radius 2 is 2.35 bits per heavy atom. The van der Waals surface area contributed by atoms with Crippen molar-refractivity contribution in [2.24, 2.45) is 7.05 Å². The van der Waals surface area contributed by atoms with Crippen molar-refractivity contribution >= 4 is 38.9 Å². The number of hydrogen-bond acceptors (Lipinski definition) is 3. The summed E-state index contributed by atoms with van der Waals surface area (Å²) in [6.07, 6.45) is -0.0439. The zero-order chi connectivity index (χ0) is 12.6. The van der Waals surface area contributed by atoms with E-state index in [2.05, 4.69) is 21.0 Å². The standard InChI is InChI=1S/C11H12BrClN2OS/c1-6-8(11(13)15(2)14-6)4-9(16)10-3-7(12)5-17-10/h3,5,9,16H,4H2,1-2H3. The molecule has 2 aromatic heterocycles. The first-order valence-electron chi connectivity index (χ1n) is 5.09. The quantitative estimate of drug-likeness (QED) is 0.932. The molecule has 0 aliphatic carbocycles. The van der Waals surface area contributed by atoms with Crippen molar-refractivity contribution in [2.45, 2.75) is 19.4 Å². The smallest absolute Gasteiger partial charge is 0.130 e. The Bertz CT molecular complexity index is 538. The van der Waals surface area contributed by atoms with E-state index in [4.69, 9.17) is 11.6 Å². The van der Waals surface area contributed by atoms with Crippen LogP contribution in [0.4, 0.5) is 0 Å². The Morgan fingerprint density at radius 1 is 1.65 bits per heavy atom. The van der Waals surface area contributed by atoms with E-state index < -0.39 is 6.10 Å². The third-order valence-electron chi connectivity index (χ3n) is 2.58. The molecule has 3 nitrogen and oxygen atoms in total. The second-order valence-corrected chi connectivity index (χ2v) is 6.08. The van der Waals surface area contributed by atoms with Gasteiger partial charge in [-0.3, -0.25) is 4.68 Å². The highest BCUT2D eigenvalue weighted by Gasteiger charge is 2.17. The maximum absolute atomic E-state index is 10.1. The molecular weight excluding hydrogens is 324 g/mol. The van der Waals surface area contributed by atoms with Gasteiger partial charge in [0, 0.05) is 33.8 Å². The van der Waals surface area contributed by atoms with Gasteiger partial charge in [0.05, 0.1) is 11.8 Å². The summed E-state index contributed by atoms with van der Waals surface area (Å²) in [5.41, 5.74) is 1.78. The number of halogens is 2. The minimum Gasteiger partial charge on any atom is -0.387 e. The molecule has 6 heteroatoms. The Morgan fingerprint density at radius 3 is 2.82 bits per heavy atom. The molecule has 17 heavy (non-hydrogen) atoms. The molecule has 2 heterocycles. The maximum Gasteiger partial charge on any atom is 0.130 e. The van der Waals surface area contributed by atoms with Crippen molar-refractivity contribution in [1.29, 1.82) is 0 Å². The highest BCUT2D eigenvalue weighted by Crippen LogP contribution is 2.30. The molecule has 0 fully saturated rings. The van der Waals surface area contributed by atoms with Crippen LogP contribution in [0.2, 0.25) is 5.15 Å². The summed E-state index contributed by atoms with van der Waals surface area (Å²) >= 11 is 11.0. The van der Waals surface area contributed by atoms with Crippen LogP contribution in [0.5, 0.6) is 0 Å². The van der Waals surface area contributed by atoms with Gasteiger partial charge in [0.25, 0.3) is 0 Å². The first-order valence-corrected chi connectivity index (χ1v) is 7.14. The van der Waals surface area contributed by atoms with Gasteiger partial charge in [-0.1, -0.05) is 11.6 Å². The van der Waals surface area contributed by atoms with E-state index in [1.807, 2.05) is 18.4 Å². The van der Waals surface area contributed by atoms with Crippen molar-refractivity contribution in [3.05, 3.63) is 37.2 Å². The van der Waals surface area contributed by atoms with Gasteiger partial charge >= 0.3 is 0 Å². The predicted molar refractivity (Wildman–Crippen MR) is 73.6 cm³/mol. The third-order valence-corrected chi connectivity index (χ3v) is 4.85. The molecule has 0 amide bonds. The van der Waals surface area contributed by atoms with Crippen LogP contribution in [0.15, 0.2) is 15.9 Å².